The molecule has 1 aliphatic heterocycles. The molecule has 84 valence electrons. The third-order valence-corrected chi connectivity index (χ3v) is 2.02. The zero-order valence-corrected chi connectivity index (χ0v) is 8.43. The van der Waals surface area contributed by atoms with Gasteiger partial charge < -0.3 is 19.6 Å². The second-order valence-electron chi connectivity index (χ2n) is 3.20. The molecule has 0 fully saturated rings. The maximum atomic E-state index is 10.8. The summed E-state index contributed by atoms with van der Waals surface area (Å²) in [6.07, 6.45) is 0.477. The maximum absolute atomic E-state index is 10.8. The molecule has 1 aromatic heterocycles. The minimum Gasteiger partial charge on any atom is -0.486 e. The lowest BCUT2D eigenvalue weighted by atomic mass is 10.2. The molecule has 0 bridgehead atoms. The summed E-state index contributed by atoms with van der Waals surface area (Å²) in [6.45, 7) is 1.60. The van der Waals surface area contributed by atoms with Gasteiger partial charge in [0.25, 0.3) is 0 Å². The summed E-state index contributed by atoms with van der Waals surface area (Å²) in [5.74, 6) is -0.527. The summed E-state index contributed by atoms with van der Waals surface area (Å²) in [5, 5.41) is 10.6. The van der Waals surface area contributed by atoms with Gasteiger partial charge in [0.05, 0.1) is 19.1 Å². The number of rotatable bonds is 2. The Morgan fingerprint density at radius 3 is 3.06 bits per heavy atom. The number of hydrogen-bond acceptors (Lipinski definition) is 6. The van der Waals surface area contributed by atoms with E-state index in [0.717, 1.165) is 6.07 Å². The summed E-state index contributed by atoms with van der Waals surface area (Å²) in [4.78, 5) is 24.6. The molecule has 0 saturated heterocycles. The highest BCUT2D eigenvalue weighted by atomic mass is 16.6. The van der Waals surface area contributed by atoms with Gasteiger partial charge in [-0.3, -0.25) is 4.79 Å². The topological polar surface area (TPSA) is 91.6 Å². The lowest BCUT2D eigenvalue weighted by Crippen LogP contribution is -2.04. The first-order valence-corrected chi connectivity index (χ1v) is 4.57. The van der Waals surface area contributed by atoms with Crippen molar-refractivity contribution >= 4 is 11.8 Å². The van der Waals surface area contributed by atoms with Crippen LogP contribution < -0.4 is 9.47 Å². The Morgan fingerprint density at radius 1 is 1.69 bits per heavy atom. The van der Waals surface area contributed by atoms with E-state index in [2.05, 4.69) is 4.98 Å². The van der Waals surface area contributed by atoms with E-state index in [9.17, 15) is 14.9 Å². The lowest BCUT2D eigenvalue weighted by Gasteiger charge is -2.04. The molecular formula is C9H8N2O5. The monoisotopic (exact) mass is 224 g/mol. The fourth-order valence-corrected chi connectivity index (χ4v) is 1.44. The molecule has 7 nitrogen and oxygen atoms in total. The van der Waals surface area contributed by atoms with Crippen LogP contribution >= 0.6 is 0 Å². The number of carbonyl (C=O) groups excluding carboxylic acids is 1. The normalized spacial score (nSPS) is 12.8. The molecule has 2 heterocycles. The van der Waals surface area contributed by atoms with Gasteiger partial charge in [-0.1, -0.05) is 0 Å². The maximum Gasteiger partial charge on any atom is 0.367 e. The lowest BCUT2D eigenvalue weighted by molar-refractivity contribution is -0.389. The third kappa shape index (κ3) is 1.79. The van der Waals surface area contributed by atoms with Gasteiger partial charge in [-0.15, -0.1) is 0 Å². The van der Waals surface area contributed by atoms with Gasteiger partial charge in [0.2, 0.25) is 11.4 Å². The molecule has 16 heavy (non-hydrogen) atoms. The average molecular weight is 224 g/mol. The fourth-order valence-electron chi connectivity index (χ4n) is 1.44. The van der Waals surface area contributed by atoms with E-state index in [1.807, 2.05) is 0 Å². The Morgan fingerprint density at radius 2 is 2.44 bits per heavy atom. The molecule has 0 spiro atoms. The van der Waals surface area contributed by atoms with Crippen LogP contribution in [0.2, 0.25) is 0 Å². The average Bonchev–Trinajstić information content (AvgIpc) is 2.64. The first-order chi connectivity index (χ1) is 7.58. The van der Waals surface area contributed by atoms with Crippen molar-refractivity contribution in [2.45, 2.75) is 13.3 Å². The molecule has 0 unspecified atom stereocenters. The van der Waals surface area contributed by atoms with Crippen molar-refractivity contribution in [3.8, 4) is 11.5 Å². The van der Waals surface area contributed by atoms with E-state index < -0.39 is 10.9 Å². The molecule has 1 aromatic rings. The quantitative estimate of drug-likeness (QED) is 0.420. The number of fused-ring (bicyclic) bond motifs is 1. The Balaban J connectivity index is 2.49. The molecule has 0 aliphatic carbocycles. The highest BCUT2D eigenvalue weighted by Crippen LogP contribution is 2.36. The molecular weight excluding hydrogens is 216 g/mol. The first-order valence-electron chi connectivity index (χ1n) is 4.57. The highest BCUT2D eigenvalue weighted by molar-refractivity contribution is 5.71. The second kappa shape index (κ2) is 3.76. The molecule has 0 N–H and O–H groups in total. The van der Waals surface area contributed by atoms with Gasteiger partial charge in [-0.2, -0.15) is 0 Å². The van der Waals surface area contributed by atoms with Crippen molar-refractivity contribution in [2.24, 2.45) is 0 Å². The number of ether oxygens (including phenoxy) is 2. The van der Waals surface area contributed by atoms with Crippen LogP contribution in [0.3, 0.4) is 0 Å². The van der Waals surface area contributed by atoms with Crippen molar-refractivity contribution in [1.82, 2.24) is 4.98 Å². The Hall–Kier alpha value is -2.18. The molecule has 0 aromatic carbocycles. The Bertz CT molecular complexity index is 471. The number of esters is 1. The molecule has 7 heteroatoms. The van der Waals surface area contributed by atoms with Crippen LogP contribution in [0, 0.1) is 10.1 Å². The van der Waals surface area contributed by atoms with Crippen LogP contribution in [0.15, 0.2) is 6.07 Å². The van der Waals surface area contributed by atoms with Gasteiger partial charge >= 0.3 is 11.8 Å². The van der Waals surface area contributed by atoms with Crippen LogP contribution in [-0.2, 0) is 11.2 Å². The summed E-state index contributed by atoms with van der Waals surface area (Å²) in [6, 6.07) is 1.09. The fraction of sp³-hybridized carbons (Fsp3) is 0.333. The second-order valence-corrected chi connectivity index (χ2v) is 3.20. The van der Waals surface area contributed by atoms with Crippen LogP contribution in [0.4, 0.5) is 5.82 Å². The summed E-state index contributed by atoms with van der Waals surface area (Å²) in [7, 11) is 0. The van der Waals surface area contributed by atoms with Crippen molar-refractivity contribution in [3.05, 3.63) is 21.9 Å². The number of hydrogen-bond donors (Lipinski definition) is 0. The summed E-state index contributed by atoms with van der Waals surface area (Å²) in [5.41, 5.74) is 0.449. The van der Waals surface area contributed by atoms with Gasteiger partial charge in [-0.05, 0) is 9.91 Å². The molecule has 0 amide bonds. The highest BCUT2D eigenvalue weighted by Gasteiger charge is 2.28. The van der Waals surface area contributed by atoms with Gasteiger partial charge in [0.1, 0.15) is 0 Å². The molecule has 0 radical (unpaired) electrons. The number of nitro groups is 1. The van der Waals surface area contributed by atoms with Crippen molar-refractivity contribution in [2.75, 3.05) is 6.61 Å². The van der Waals surface area contributed by atoms with Gasteiger partial charge in [0, 0.05) is 6.92 Å². The minimum absolute atomic E-state index is 0.0571. The zero-order chi connectivity index (χ0) is 11.7. The van der Waals surface area contributed by atoms with Crippen molar-refractivity contribution in [1.29, 1.82) is 0 Å². The van der Waals surface area contributed by atoms with E-state index in [1.54, 1.807) is 0 Å². The number of carbonyl (C=O) groups is 1. The predicted octanol–water partition coefficient (Wildman–Crippen LogP) is 0.850. The molecule has 2 rings (SSSR count). The minimum atomic E-state index is -0.633. The summed E-state index contributed by atoms with van der Waals surface area (Å²) >= 11 is 0. The van der Waals surface area contributed by atoms with E-state index in [1.165, 1.54) is 6.92 Å². The third-order valence-electron chi connectivity index (χ3n) is 2.02. The first kappa shape index (κ1) is 10.3. The van der Waals surface area contributed by atoms with Gasteiger partial charge in [0.15, 0.2) is 5.75 Å². The molecule has 0 atom stereocenters. The number of aromatic nitrogens is 1. The van der Waals surface area contributed by atoms with E-state index >= 15 is 0 Å². The number of nitrogens with zero attached hydrogens (tertiary/aromatic N) is 2. The molecule has 0 saturated carbocycles. The SMILES string of the molecule is CC(=O)Oc1cc([N+](=O)[O-])nc2c1OCC2. The Labute approximate surface area is 90.1 Å². The standard InChI is InChI=1S/C9H8N2O5/c1-5(12)16-7-4-8(11(13)14)10-6-2-3-15-9(6)7/h4H,2-3H2,1H3. The summed E-state index contributed by atoms with van der Waals surface area (Å²) < 4.78 is 10.0. The zero-order valence-electron chi connectivity index (χ0n) is 8.43. The number of pyridine rings is 1. The van der Waals surface area contributed by atoms with Gasteiger partial charge in [-0.25, -0.2) is 0 Å². The molecule has 1 aliphatic rings. The largest absolute Gasteiger partial charge is 0.486 e. The van der Waals surface area contributed by atoms with Crippen LogP contribution in [0.25, 0.3) is 0 Å². The van der Waals surface area contributed by atoms with E-state index in [0.29, 0.717) is 24.5 Å². The van der Waals surface area contributed by atoms with Crippen molar-refractivity contribution in [3.63, 3.8) is 0 Å². The predicted molar refractivity (Wildman–Crippen MR) is 51.4 cm³/mol. The van der Waals surface area contributed by atoms with Crippen LogP contribution in [0.1, 0.15) is 12.6 Å². The van der Waals surface area contributed by atoms with Crippen LogP contribution in [0.5, 0.6) is 11.5 Å². The smallest absolute Gasteiger partial charge is 0.367 e. The van der Waals surface area contributed by atoms with Crippen molar-refractivity contribution < 1.29 is 19.2 Å². The van der Waals surface area contributed by atoms with Crippen LogP contribution in [-0.4, -0.2) is 22.5 Å². The van der Waals surface area contributed by atoms with E-state index in [-0.39, 0.29) is 11.6 Å². The van der Waals surface area contributed by atoms with E-state index in [4.69, 9.17) is 9.47 Å². The Kier molecular flexibility index (Phi) is 2.43.